The Labute approximate surface area is 128 Å². The number of aryl methyl sites for hydroxylation is 1. The SMILES string of the molecule is Cc1ccc(S(C)(c2cc#ccc2)c2ccccc2)cc1. The van der Waals surface area contributed by atoms with E-state index in [1.807, 2.05) is 6.07 Å². The first-order valence-electron chi connectivity index (χ1n) is 6.99. The van der Waals surface area contributed by atoms with Gasteiger partial charge in [-0.25, -0.2) is 0 Å². The van der Waals surface area contributed by atoms with Gasteiger partial charge in [0.25, 0.3) is 0 Å². The number of benzene rings is 2. The quantitative estimate of drug-likeness (QED) is 0.597. The summed E-state index contributed by atoms with van der Waals surface area (Å²) in [6.07, 6.45) is 2.36. The summed E-state index contributed by atoms with van der Waals surface area (Å²) in [4.78, 5) is 4.06. The van der Waals surface area contributed by atoms with Gasteiger partial charge in [-0.3, -0.25) is 0 Å². The van der Waals surface area contributed by atoms with Crippen LogP contribution in [0.4, 0.5) is 0 Å². The molecule has 0 fully saturated rings. The molecule has 0 amide bonds. The van der Waals surface area contributed by atoms with E-state index >= 15 is 0 Å². The molecule has 0 aliphatic heterocycles. The molecule has 104 valence electrons. The lowest BCUT2D eigenvalue weighted by molar-refractivity contribution is 1.28. The van der Waals surface area contributed by atoms with Crippen molar-refractivity contribution in [1.29, 1.82) is 0 Å². The molecule has 3 aromatic carbocycles. The van der Waals surface area contributed by atoms with Crippen molar-refractivity contribution in [2.75, 3.05) is 6.26 Å². The Morgan fingerprint density at radius 1 is 0.714 bits per heavy atom. The summed E-state index contributed by atoms with van der Waals surface area (Å²) in [7, 11) is -1.24. The molecule has 1 atom stereocenters. The molecular weight excluding hydrogens is 272 g/mol. The molecule has 0 aliphatic rings. The predicted octanol–water partition coefficient (Wildman–Crippen LogP) is 5.51. The highest BCUT2D eigenvalue weighted by Gasteiger charge is 2.25. The predicted molar refractivity (Wildman–Crippen MR) is 90.0 cm³/mol. The third-order valence-corrected chi connectivity index (χ3v) is 7.43. The zero-order valence-electron chi connectivity index (χ0n) is 12.3. The van der Waals surface area contributed by atoms with Crippen molar-refractivity contribution in [3.8, 4) is 0 Å². The molecule has 3 rings (SSSR count). The smallest absolute Gasteiger partial charge is 0.00691 e. The van der Waals surface area contributed by atoms with Gasteiger partial charge in [0, 0.05) is 11.0 Å². The zero-order chi connectivity index (χ0) is 14.7. The van der Waals surface area contributed by atoms with Crippen molar-refractivity contribution in [3.05, 3.63) is 90.5 Å². The number of rotatable bonds is 3. The van der Waals surface area contributed by atoms with Crippen molar-refractivity contribution in [3.63, 3.8) is 0 Å². The van der Waals surface area contributed by atoms with Gasteiger partial charge in [-0.2, -0.15) is 10.0 Å². The molecule has 0 radical (unpaired) electrons. The van der Waals surface area contributed by atoms with Gasteiger partial charge < -0.3 is 0 Å². The van der Waals surface area contributed by atoms with E-state index < -0.39 is 10.0 Å². The Hall–Kier alpha value is -2.17. The van der Waals surface area contributed by atoms with Crippen LogP contribution in [0.3, 0.4) is 0 Å². The summed E-state index contributed by atoms with van der Waals surface area (Å²) in [5.41, 5.74) is 1.29. The van der Waals surface area contributed by atoms with E-state index in [0.717, 1.165) is 0 Å². The molecule has 0 heterocycles. The summed E-state index contributed by atoms with van der Waals surface area (Å²) in [6, 6.07) is 32.0. The summed E-state index contributed by atoms with van der Waals surface area (Å²) < 4.78 is 0. The normalized spacial score (nSPS) is 11.7. The first-order chi connectivity index (χ1) is 10.2. The molecule has 0 nitrogen and oxygen atoms in total. The van der Waals surface area contributed by atoms with Crippen LogP contribution >= 0.6 is 10.0 Å². The van der Waals surface area contributed by atoms with Crippen LogP contribution in [0.15, 0.2) is 87.5 Å². The summed E-state index contributed by atoms with van der Waals surface area (Å²) >= 11 is 0. The lowest BCUT2D eigenvalue weighted by atomic mass is 10.2. The van der Waals surface area contributed by atoms with Crippen LogP contribution in [0.25, 0.3) is 0 Å². The molecular formula is C20H18S. The topological polar surface area (TPSA) is 0 Å². The molecule has 1 heteroatoms. The van der Waals surface area contributed by atoms with Crippen LogP contribution in [-0.4, -0.2) is 6.26 Å². The van der Waals surface area contributed by atoms with Crippen LogP contribution in [0.1, 0.15) is 5.56 Å². The minimum atomic E-state index is -1.24. The van der Waals surface area contributed by atoms with E-state index in [1.165, 1.54) is 20.2 Å². The highest BCUT2D eigenvalue weighted by Crippen LogP contribution is 2.65. The van der Waals surface area contributed by atoms with Gasteiger partial charge in [0.15, 0.2) is 0 Å². The third-order valence-electron chi connectivity index (χ3n) is 3.81. The van der Waals surface area contributed by atoms with Crippen LogP contribution in [0.2, 0.25) is 0 Å². The number of hydrogen-bond acceptors (Lipinski definition) is 0. The second kappa shape index (κ2) is 5.68. The molecule has 0 bridgehead atoms. The van der Waals surface area contributed by atoms with Crippen molar-refractivity contribution < 1.29 is 0 Å². The lowest BCUT2D eigenvalue weighted by Gasteiger charge is -2.37. The van der Waals surface area contributed by atoms with E-state index in [2.05, 4.69) is 92.0 Å². The van der Waals surface area contributed by atoms with Gasteiger partial charge in [-0.05, 0) is 59.4 Å². The maximum absolute atomic E-state index is 3.11. The van der Waals surface area contributed by atoms with Crippen LogP contribution in [0, 0.1) is 19.1 Å². The second-order valence-corrected chi connectivity index (χ2v) is 8.46. The lowest BCUT2D eigenvalue weighted by Crippen LogP contribution is -2.01. The van der Waals surface area contributed by atoms with E-state index in [-0.39, 0.29) is 0 Å². The monoisotopic (exact) mass is 290 g/mol. The van der Waals surface area contributed by atoms with E-state index in [4.69, 9.17) is 0 Å². The average Bonchev–Trinajstić information content (AvgIpc) is 2.56. The fourth-order valence-corrected chi connectivity index (χ4v) is 5.33. The summed E-state index contributed by atoms with van der Waals surface area (Å²) in [5, 5.41) is 0. The van der Waals surface area contributed by atoms with Crippen molar-refractivity contribution in [2.45, 2.75) is 21.6 Å². The fraction of sp³-hybridized carbons (Fsp3) is 0.100. The van der Waals surface area contributed by atoms with Crippen LogP contribution in [0.5, 0.6) is 0 Å². The standard InChI is InChI=1S/C20H18S/c1-17-13-15-20(16-14-17)21(2,18-9-5-3-6-10-18)19-11-7-4-8-12-19/h3,5-7,9-16H,1-2H3. The zero-order valence-corrected chi connectivity index (χ0v) is 13.2. The summed E-state index contributed by atoms with van der Waals surface area (Å²) in [6.45, 7) is 2.13. The Balaban J connectivity index is 2.23. The number of hydrogen-bond donors (Lipinski definition) is 0. The molecule has 0 saturated heterocycles. The third kappa shape index (κ3) is 2.55. The van der Waals surface area contributed by atoms with E-state index in [9.17, 15) is 0 Å². The fourth-order valence-electron chi connectivity index (χ4n) is 2.50. The molecule has 0 aromatic heterocycles. The highest BCUT2D eigenvalue weighted by molar-refractivity contribution is 8.33. The Morgan fingerprint density at radius 2 is 1.38 bits per heavy atom. The molecule has 21 heavy (non-hydrogen) atoms. The molecule has 0 aliphatic carbocycles. The van der Waals surface area contributed by atoms with Crippen LogP contribution < -0.4 is 0 Å². The van der Waals surface area contributed by atoms with Crippen molar-refractivity contribution in [1.82, 2.24) is 0 Å². The van der Waals surface area contributed by atoms with Gasteiger partial charge in [-0.1, -0.05) is 48.0 Å². The molecule has 0 N–H and O–H groups in total. The first-order valence-corrected chi connectivity index (χ1v) is 9.03. The second-order valence-electron chi connectivity index (χ2n) is 5.21. The van der Waals surface area contributed by atoms with E-state index in [1.54, 1.807) is 0 Å². The average molecular weight is 290 g/mol. The molecule has 3 aromatic rings. The largest absolute Gasteiger partial charge is 0.163 e. The Morgan fingerprint density at radius 3 is 2.00 bits per heavy atom. The van der Waals surface area contributed by atoms with Gasteiger partial charge in [0.2, 0.25) is 0 Å². The highest BCUT2D eigenvalue weighted by atomic mass is 32.3. The molecule has 0 spiro atoms. The van der Waals surface area contributed by atoms with E-state index in [0.29, 0.717) is 0 Å². The minimum Gasteiger partial charge on any atom is -0.163 e. The van der Waals surface area contributed by atoms with Crippen LogP contribution in [-0.2, 0) is 0 Å². The molecule has 0 saturated carbocycles. The minimum absolute atomic E-state index is 1.24. The van der Waals surface area contributed by atoms with Gasteiger partial charge in [0.05, 0.1) is 0 Å². The maximum Gasteiger partial charge on any atom is 0.00691 e. The van der Waals surface area contributed by atoms with Gasteiger partial charge >= 0.3 is 0 Å². The first kappa shape index (κ1) is 13.8. The summed E-state index contributed by atoms with van der Waals surface area (Å²) in [5.74, 6) is 0. The van der Waals surface area contributed by atoms with Crippen molar-refractivity contribution in [2.24, 2.45) is 0 Å². The van der Waals surface area contributed by atoms with Gasteiger partial charge in [-0.15, -0.1) is 0 Å². The van der Waals surface area contributed by atoms with Gasteiger partial charge in [0.1, 0.15) is 0 Å². The Kier molecular flexibility index (Phi) is 3.73. The van der Waals surface area contributed by atoms with Crippen molar-refractivity contribution >= 4 is 10.0 Å². The molecule has 1 unspecified atom stereocenters. The Bertz CT molecular complexity index is 660. The maximum atomic E-state index is 3.11.